The highest BCUT2D eigenvalue weighted by molar-refractivity contribution is 7.04. The van der Waals surface area contributed by atoms with Crippen LogP contribution >= 0.6 is 0 Å². The normalized spacial score (nSPS) is 12.4. The van der Waals surface area contributed by atoms with Crippen LogP contribution in [0.3, 0.4) is 0 Å². The highest BCUT2D eigenvalue weighted by atomic mass is 28.3. The lowest BCUT2D eigenvalue weighted by molar-refractivity contribution is 0.354. The fourth-order valence-electron chi connectivity index (χ4n) is 2.90. The number of hydrogen-bond acceptors (Lipinski definition) is 1. The summed E-state index contributed by atoms with van der Waals surface area (Å²) < 4.78 is 0. The zero-order valence-corrected chi connectivity index (χ0v) is 12.9. The summed E-state index contributed by atoms with van der Waals surface area (Å²) >= 11 is 0. The average Bonchev–Trinajstić information content (AvgIpc) is 2.41. The van der Waals surface area contributed by atoms with Crippen molar-refractivity contribution in [3.05, 3.63) is 60.7 Å². The molecule has 2 rings (SSSR count). The molecule has 0 saturated heterocycles. The van der Waals surface area contributed by atoms with Gasteiger partial charge in [-0.25, -0.2) is 0 Å². The molecule has 100 valence electrons. The molecule has 0 radical (unpaired) electrons. The summed E-state index contributed by atoms with van der Waals surface area (Å²) in [6, 6.07) is 21.0. The first kappa shape index (κ1) is 14.0. The molecular weight excluding hydrogens is 248 g/mol. The first-order valence-electron chi connectivity index (χ1n) is 6.74. The van der Waals surface area contributed by atoms with Crippen LogP contribution in [0.2, 0.25) is 5.04 Å². The number of hydrogen-bond donors (Lipinski definition) is 1. The Morgan fingerprint density at radius 1 is 0.789 bits per heavy atom. The molecule has 0 saturated carbocycles. The Hall–Kier alpha value is -1.38. The fourth-order valence-corrected chi connectivity index (χ4v) is 7.33. The van der Waals surface area contributed by atoms with Crippen molar-refractivity contribution in [3.8, 4) is 0 Å². The van der Waals surface area contributed by atoms with Crippen molar-refractivity contribution in [2.75, 3.05) is 6.23 Å². The van der Waals surface area contributed by atoms with Crippen LogP contribution in [0.1, 0.15) is 20.8 Å². The SMILES string of the molecule is CC(C)(C)[Si](CO)(c1ccccc1)c1ccccc1. The van der Waals surface area contributed by atoms with E-state index in [4.69, 9.17) is 0 Å². The summed E-state index contributed by atoms with van der Waals surface area (Å²) in [7, 11) is -2.17. The van der Waals surface area contributed by atoms with Crippen LogP contribution in [0.5, 0.6) is 0 Å². The molecule has 0 aliphatic carbocycles. The molecule has 2 aromatic carbocycles. The predicted molar refractivity (Wildman–Crippen MR) is 84.7 cm³/mol. The van der Waals surface area contributed by atoms with Crippen LogP contribution in [0.25, 0.3) is 0 Å². The highest BCUT2D eigenvalue weighted by Crippen LogP contribution is 2.35. The molecule has 1 N–H and O–H groups in total. The van der Waals surface area contributed by atoms with Crippen LogP contribution in [0, 0.1) is 0 Å². The lowest BCUT2D eigenvalue weighted by atomic mass is 10.2. The molecule has 0 fully saturated rings. The minimum Gasteiger partial charge on any atom is -0.399 e. The van der Waals surface area contributed by atoms with E-state index < -0.39 is 8.07 Å². The Kier molecular flexibility index (Phi) is 3.93. The molecule has 0 unspecified atom stereocenters. The van der Waals surface area contributed by atoms with Gasteiger partial charge in [0.15, 0.2) is 0 Å². The van der Waals surface area contributed by atoms with Gasteiger partial charge in [-0.1, -0.05) is 91.8 Å². The van der Waals surface area contributed by atoms with Crippen molar-refractivity contribution in [1.82, 2.24) is 0 Å². The third-order valence-corrected chi connectivity index (χ3v) is 9.72. The Balaban J connectivity index is 2.70. The van der Waals surface area contributed by atoms with E-state index in [0.717, 1.165) is 0 Å². The number of rotatable bonds is 3. The third-order valence-electron chi connectivity index (χ3n) is 4.05. The van der Waals surface area contributed by atoms with E-state index in [1.807, 2.05) is 12.1 Å². The summed E-state index contributed by atoms with van der Waals surface area (Å²) in [5, 5.41) is 12.9. The second kappa shape index (κ2) is 5.31. The fraction of sp³-hybridized carbons (Fsp3) is 0.294. The van der Waals surface area contributed by atoms with E-state index in [-0.39, 0.29) is 11.3 Å². The van der Waals surface area contributed by atoms with Crippen LogP contribution in [0.15, 0.2) is 60.7 Å². The van der Waals surface area contributed by atoms with Crippen molar-refractivity contribution in [2.45, 2.75) is 25.8 Å². The van der Waals surface area contributed by atoms with E-state index in [1.165, 1.54) is 10.4 Å². The molecular formula is C17H22OSi. The van der Waals surface area contributed by atoms with Crippen LogP contribution < -0.4 is 10.4 Å². The van der Waals surface area contributed by atoms with Crippen LogP contribution in [-0.2, 0) is 0 Å². The summed E-state index contributed by atoms with van der Waals surface area (Å²) in [5.74, 6) is 0. The van der Waals surface area contributed by atoms with Crippen molar-refractivity contribution < 1.29 is 5.11 Å². The minimum atomic E-state index is -2.17. The average molecular weight is 270 g/mol. The molecule has 0 spiro atoms. The van der Waals surface area contributed by atoms with Gasteiger partial charge in [-0.05, 0) is 5.04 Å². The monoisotopic (exact) mass is 270 g/mol. The zero-order chi connectivity index (χ0) is 13.9. The third kappa shape index (κ3) is 2.38. The van der Waals surface area contributed by atoms with Crippen molar-refractivity contribution in [3.63, 3.8) is 0 Å². The van der Waals surface area contributed by atoms with Gasteiger partial charge in [-0.2, -0.15) is 0 Å². The quantitative estimate of drug-likeness (QED) is 0.850. The Labute approximate surface area is 116 Å². The minimum absolute atomic E-state index is 0.0600. The first-order valence-corrected chi connectivity index (χ1v) is 8.95. The molecule has 19 heavy (non-hydrogen) atoms. The Morgan fingerprint density at radius 3 is 1.42 bits per heavy atom. The van der Waals surface area contributed by atoms with Gasteiger partial charge in [-0.15, -0.1) is 0 Å². The molecule has 0 aromatic heterocycles. The summed E-state index contributed by atoms with van der Waals surface area (Å²) in [4.78, 5) is 0. The number of aliphatic hydroxyl groups is 1. The van der Waals surface area contributed by atoms with Gasteiger partial charge in [0.2, 0.25) is 0 Å². The molecule has 0 atom stereocenters. The van der Waals surface area contributed by atoms with E-state index >= 15 is 0 Å². The van der Waals surface area contributed by atoms with E-state index in [9.17, 15) is 5.11 Å². The molecule has 2 heteroatoms. The molecule has 0 heterocycles. The Bertz CT molecular complexity index is 474. The molecule has 0 aliphatic rings. The van der Waals surface area contributed by atoms with E-state index in [0.29, 0.717) is 0 Å². The lowest BCUT2D eigenvalue weighted by Crippen LogP contribution is -2.67. The second-order valence-corrected chi connectivity index (χ2v) is 10.8. The van der Waals surface area contributed by atoms with Crippen molar-refractivity contribution in [2.24, 2.45) is 0 Å². The van der Waals surface area contributed by atoms with E-state index in [2.05, 4.69) is 69.3 Å². The summed E-state index contributed by atoms with van der Waals surface area (Å²) in [6.07, 6.45) is 0.241. The summed E-state index contributed by atoms with van der Waals surface area (Å²) in [6.45, 7) is 6.74. The maximum atomic E-state index is 10.3. The van der Waals surface area contributed by atoms with Gasteiger partial charge in [0.1, 0.15) is 8.07 Å². The van der Waals surface area contributed by atoms with Crippen molar-refractivity contribution in [1.29, 1.82) is 0 Å². The maximum Gasteiger partial charge on any atom is 0.149 e. The van der Waals surface area contributed by atoms with Gasteiger partial charge in [0, 0.05) is 6.23 Å². The highest BCUT2D eigenvalue weighted by Gasteiger charge is 2.46. The van der Waals surface area contributed by atoms with Gasteiger partial charge in [0.05, 0.1) is 0 Å². The first-order chi connectivity index (χ1) is 9.02. The molecule has 0 aliphatic heterocycles. The van der Waals surface area contributed by atoms with E-state index in [1.54, 1.807) is 0 Å². The maximum absolute atomic E-state index is 10.3. The van der Waals surface area contributed by atoms with Gasteiger partial charge >= 0.3 is 0 Å². The van der Waals surface area contributed by atoms with Crippen molar-refractivity contribution >= 4 is 18.4 Å². The summed E-state index contributed by atoms with van der Waals surface area (Å²) in [5.41, 5.74) is 0. The standard InChI is InChI=1S/C17H22OSi/c1-17(2,3)19(14-18,15-10-6-4-7-11-15)16-12-8-5-9-13-16/h4-13,18H,14H2,1-3H3. The Morgan fingerprint density at radius 2 is 1.16 bits per heavy atom. The predicted octanol–water partition coefficient (Wildman–Crippen LogP) is 2.58. The smallest absolute Gasteiger partial charge is 0.149 e. The van der Waals surface area contributed by atoms with Gasteiger partial charge in [-0.3, -0.25) is 0 Å². The zero-order valence-electron chi connectivity index (χ0n) is 11.9. The van der Waals surface area contributed by atoms with Crippen LogP contribution in [0.4, 0.5) is 0 Å². The molecule has 2 aromatic rings. The second-order valence-electron chi connectivity index (χ2n) is 6.05. The molecule has 1 nitrogen and oxygen atoms in total. The van der Waals surface area contributed by atoms with Gasteiger partial charge in [0.25, 0.3) is 0 Å². The van der Waals surface area contributed by atoms with Gasteiger partial charge < -0.3 is 5.11 Å². The lowest BCUT2D eigenvalue weighted by Gasteiger charge is -2.42. The number of benzene rings is 2. The number of aliphatic hydroxyl groups excluding tert-OH is 1. The largest absolute Gasteiger partial charge is 0.399 e. The molecule has 0 bridgehead atoms. The molecule has 0 amide bonds. The van der Waals surface area contributed by atoms with Crippen LogP contribution in [-0.4, -0.2) is 19.4 Å². The topological polar surface area (TPSA) is 20.2 Å².